The third-order valence-corrected chi connectivity index (χ3v) is 6.38. The first-order chi connectivity index (χ1) is 16.5. The molecule has 34 heavy (non-hydrogen) atoms. The molecule has 2 atom stereocenters. The van der Waals surface area contributed by atoms with Crippen LogP contribution in [0.2, 0.25) is 0 Å². The number of carbonyl (C=O) groups excluding carboxylic acids is 1. The van der Waals surface area contributed by atoms with Crippen LogP contribution in [0.1, 0.15) is 49.1 Å². The topological polar surface area (TPSA) is 132 Å². The second-order valence-electron chi connectivity index (χ2n) is 8.78. The van der Waals surface area contributed by atoms with Crippen LogP contribution in [-0.4, -0.2) is 55.4 Å². The Kier molecular flexibility index (Phi) is 6.10. The van der Waals surface area contributed by atoms with E-state index < -0.39 is 12.0 Å². The summed E-state index contributed by atoms with van der Waals surface area (Å²) in [6.45, 7) is 2.61. The van der Waals surface area contributed by atoms with Crippen LogP contribution in [0.15, 0.2) is 24.4 Å². The molecule has 1 aliphatic heterocycles. The van der Waals surface area contributed by atoms with Gasteiger partial charge in [0.2, 0.25) is 17.8 Å². The molecular weight excluding hydrogens is 439 g/mol. The van der Waals surface area contributed by atoms with Gasteiger partial charge < -0.3 is 20.6 Å². The minimum atomic E-state index is -0.595. The number of amides is 1. The quantitative estimate of drug-likeness (QED) is 0.391. The van der Waals surface area contributed by atoms with Gasteiger partial charge in [-0.25, -0.2) is 9.97 Å². The van der Waals surface area contributed by atoms with Crippen LogP contribution in [0, 0.1) is 5.95 Å². The number of anilines is 4. The van der Waals surface area contributed by atoms with Gasteiger partial charge in [0.25, 0.3) is 0 Å². The van der Waals surface area contributed by atoms with Gasteiger partial charge in [0.15, 0.2) is 5.82 Å². The predicted octanol–water partition coefficient (Wildman–Crippen LogP) is 2.67. The third-order valence-electron chi connectivity index (χ3n) is 6.38. The molecule has 1 saturated heterocycles. The Morgan fingerprint density at radius 1 is 1.32 bits per heavy atom. The number of pyridine rings is 1. The Balaban J connectivity index is 1.39. The van der Waals surface area contributed by atoms with Gasteiger partial charge >= 0.3 is 0 Å². The molecule has 5 rings (SSSR count). The zero-order valence-corrected chi connectivity index (χ0v) is 18.9. The van der Waals surface area contributed by atoms with Crippen molar-refractivity contribution in [1.82, 2.24) is 25.1 Å². The molecule has 4 N–H and O–H groups in total. The number of hydrogen-bond donors (Lipinski definition) is 4. The number of aromatic amines is 1. The van der Waals surface area contributed by atoms with Crippen LogP contribution in [0.5, 0.6) is 0 Å². The maximum atomic E-state index is 13.1. The molecule has 3 aromatic rings. The van der Waals surface area contributed by atoms with Crippen LogP contribution in [-0.2, 0) is 17.6 Å². The fourth-order valence-corrected chi connectivity index (χ4v) is 4.48. The number of rotatable bonds is 7. The maximum Gasteiger partial charge on any atom is 0.247 e. The summed E-state index contributed by atoms with van der Waals surface area (Å²) in [5.74, 6) is 0.989. The minimum absolute atomic E-state index is 0.0289. The van der Waals surface area contributed by atoms with E-state index in [0.717, 1.165) is 42.6 Å². The van der Waals surface area contributed by atoms with Crippen molar-refractivity contribution in [2.45, 2.75) is 51.0 Å². The summed E-state index contributed by atoms with van der Waals surface area (Å²) in [6, 6.07) is 4.14. The molecule has 10 nitrogen and oxygen atoms in total. The summed E-state index contributed by atoms with van der Waals surface area (Å²) in [6.07, 6.45) is 5.55. The Morgan fingerprint density at radius 2 is 2.21 bits per heavy atom. The first kappa shape index (κ1) is 22.2. The zero-order chi connectivity index (χ0) is 23.7. The Hall–Kier alpha value is -3.60. The monoisotopic (exact) mass is 466 g/mol. The Morgan fingerprint density at radius 3 is 3.00 bits per heavy atom. The lowest BCUT2D eigenvalue weighted by molar-refractivity contribution is -0.117. The number of hydrogen-bond acceptors (Lipinski definition) is 8. The lowest BCUT2D eigenvalue weighted by Crippen LogP contribution is -2.40. The molecule has 2 aliphatic rings. The zero-order valence-electron chi connectivity index (χ0n) is 18.9. The van der Waals surface area contributed by atoms with Crippen molar-refractivity contribution >= 4 is 29.2 Å². The molecule has 1 fully saturated rings. The lowest BCUT2D eigenvalue weighted by Gasteiger charge is -2.25. The summed E-state index contributed by atoms with van der Waals surface area (Å²) in [4.78, 5) is 28.1. The summed E-state index contributed by atoms with van der Waals surface area (Å²) in [7, 11) is 0. The SMILES string of the molecule is C[C@@H](CO)c1cc(Nc2nc(N3CCC[C@@H]3C(=O)Nc3ccc(F)nc3)nc3c2CCC3)n[nH]1. The van der Waals surface area contributed by atoms with Gasteiger partial charge in [-0.2, -0.15) is 14.5 Å². The van der Waals surface area contributed by atoms with Crippen LogP contribution in [0.3, 0.4) is 0 Å². The van der Waals surface area contributed by atoms with Crippen molar-refractivity contribution in [1.29, 1.82) is 0 Å². The third kappa shape index (κ3) is 4.43. The van der Waals surface area contributed by atoms with E-state index in [4.69, 9.17) is 9.97 Å². The molecule has 11 heteroatoms. The van der Waals surface area contributed by atoms with Gasteiger partial charge in [-0.05, 0) is 44.2 Å². The highest BCUT2D eigenvalue weighted by Gasteiger charge is 2.34. The number of aliphatic hydroxyl groups is 1. The normalized spacial score (nSPS) is 18.1. The van der Waals surface area contributed by atoms with Gasteiger partial charge in [-0.1, -0.05) is 6.92 Å². The fourth-order valence-electron chi connectivity index (χ4n) is 4.48. The van der Waals surface area contributed by atoms with Gasteiger partial charge in [0.1, 0.15) is 11.9 Å². The number of halogens is 1. The van der Waals surface area contributed by atoms with E-state index in [1.54, 1.807) is 0 Å². The first-order valence-corrected chi connectivity index (χ1v) is 11.5. The molecule has 0 radical (unpaired) electrons. The van der Waals surface area contributed by atoms with Gasteiger partial charge in [0.05, 0.1) is 24.2 Å². The molecular formula is C23H27FN8O2. The molecule has 0 saturated carbocycles. The smallest absolute Gasteiger partial charge is 0.247 e. The van der Waals surface area contributed by atoms with Crippen LogP contribution >= 0.6 is 0 Å². The highest BCUT2D eigenvalue weighted by molar-refractivity contribution is 5.96. The fraction of sp³-hybridized carbons (Fsp3) is 0.435. The lowest BCUT2D eigenvalue weighted by atomic mass is 10.1. The summed E-state index contributed by atoms with van der Waals surface area (Å²) >= 11 is 0. The van der Waals surface area contributed by atoms with E-state index in [1.165, 1.54) is 18.3 Å². The van der Waals surface area contributed by atoms with Gasteiger partial charge in [-0.15, -0.1) is 0 Å². The highest BCUT2D eigenvalue weighted by Crippen LogP contribution is 2.33. The number of fused-ring (bicyclic) bond motifs is 1. The van der Waals surface area contributed by atoms with Crippen molar-refractivity contribution in [3.05, 3.63) is 47.3 Å². The molecule has 0 spiro atoms. The van der Waals surface area contributed by atoms with E-state index in [0.29, 0.717) is 36.2 Å². The molecule has 1 amide bonds. The van der Waals surface area contributed by atoms with Gasteiger partial charge in [0, 0.05) is 29.8 Å². The number of aromatic nitrogens is 5. The number of carbonyl (C=O) groups is 1. The van der Waals surface area contributed by atoms with E-state index in [9.17, 15) is 14.3 Å². The first-order valence-electron chi connectivity index (χ1n) is 11.5. The molecule has 178 valence electrons. The number of H-pyrrole nitrogens is 1. The van der Waals surface area contributed by atoms with Crippen molar-refractivity contribution in [2.24, 2.45) is 0 Å². The number of nitrogens with one attached hydrogen (secondary N) is 3. The van der Waals surface area contributed by atoms with E-state index in [1.807, 2.05) is 17.9 Å². The highest BCUT2D eigenvalue weighted by atomic mass is 19.1. The second kappa shape index (κ2) is 9.34. The summed E-state index contributed by atoms with van der Waals surface area (Å²) < 4.78 is 13.1. The minimum Gasteiger partial charge on any atom is -0.396 e. The molecule has 0 aromatic carbocycles. The van der Waals surface area contributed by atoms with E-state index in [2.05, 4.69) is 25.8 Å². The van der Waals surface area contributed by atoms with Crippen molar-refractivity contribution in [3.63, 3.8) is 0 Å². The standard InChI is InChI=1S/C23H27FN8O2/c1-13(12-33)17-10-20(31-30-17)28-21-15-4-2-5-16(15)27-23(29-21)32-9-3-6-18(32)22(34)26-14-7-8-19(24)25-11-14/h7-8,10-11,13,18,33H,2-6,9,12H2,1H3,(H,26,34)(H2,27,28,29,30,31)/t13-,18+/m0/s1. The Labute approximate surface area is 196 Å². The molecule has 3 aromatic heterocycles. The van der Waals surface area contributed by atoms with Crippen LogP contribution < -0.4 is 15.5 Å². The molecule has 0 bridgehead atoms. The molecule has 0 unspecified atom stereocenters. The van der Waals surface area contributed by atoms with Gasteiger partial charge in [-0.3, -0.25) is 9.89 Å². The number of aryl methyl sites for hydroxylation is 1. The number of aliphatic hydroxyl groups excluding tert-OH is 1. The van der Waals surface area contributed by atoms with Crippen molar-refractivity contribution in [2.75, 3.05) is 28.7 Å². The van der Waals surface area contributed by atoms with Crippen LogP contribution in [0.4, 0.5) is 27.7 Å². The summed E-state index contributed by atoms with van der Waals surface area (Å²) in [5, 5.41) is 22.8. The number of nitrogens with zero attached hydrogens (tertiary/aromatic N) is 5. The molecule has 4 heterocycles. The largest absolute Gasteiger partial charge is 0.396 e. The average Bonchev–Trinajstić information content (AvgIpc) is 3.60. The average molecular weight is 467 g/mol. The molecule has 1 aliphatic carbocycles. The summed E-state index contributed by atoms with van der Waals surface area (Å²) in [5.41, 5.74) is 3.34. The second-order valence-corrected chi connectivity index (χ2v) is 8.78. The predicted molar refractivity (Wildman–Crippen MR) is 125 cm³/mol. The van der Waals surface area contributed by atoms with Crippen molar-refractivity contribution in [3.8, 4) is 0 Å². The van der Waals surface area contributed by atoms with E-state index in [-0.39, 0.29) is 18.4 Å². The van der Waals surface area contributed by atoms with E-state index >= 15 is 0 Å². The maximum absolute atomic E-state index is 13.1. The Bertz CT molecular complexity index is 1180. The van der Waals surface area contributed by atoms with Crippen molar-refractivity contribution < 1.29 is 14.3 Å². The van der Waals surface area contributed by atoms with Crippen LogP contribution in [0.25, 0.3) is 0 Å².